The Labute approximate surface area is 106 Å². The molecule has 0 fully saturated rings. The minimum Gasteiger partial charge on any atom is -0.504 e. The van der Waals surface area contributed by atoms with Crippen molar-refractivity contribution in [2.24, 2.45) is 11.0 Å². The number of carbonyl (C=O) groups excluding carboxylic acids is 1. The fourth-order valence-electron chi connectivity index (χ4n) is 1.56. The third-order valence-corrected chi connectivity index (χ3v) is 2.31. The molecule has 0 heterocycles. The summed E-state index contributed by atoms with van der Waals surface area (Å²) in [7, 11) is 0. The summed E-state index contributed by atoms with van der Waals surface area (Å²) >= 11 is 0. The van der Waals surface area contributed by atoms with Gasteiger partial charge in [-0.25, -0.2) is 5.43 Å². The molecule has 0 saturated carbocycles. The van der Waals surface area contributed by atoms with Crippen molar-refractivity contribution in [1.82, 2.24) is 5.43 Å². The van der Waals surface area contributed by atoms with Gasteiger partial charge in [0.2, 0.25) is 0 Å². The predicted octanol–water partition coefficient (Wildman–Crippen LogP) is 2.25. The highest BCUT2D eigenvalue weighted by Crippen LogP contribution is 2.27. The first-order valence-electron chi connectivity index (χ1n) is 5.76. The Bertz CT molecular complexity index is 467. The zero-order valence-corrected chi connectivity index (χ0v) is 10.8. The second-order valence-corrected chi connectivity index (χ2v) is 4.56. The predicted molar refractivity (Wildman–Crippen MR) is 69.8 cm³/mol. The van der Waals surface area contributed by atoms with Crippen LogP contribution in [0.4, 0.5) is 0 Å². The summed E-state index contributed by atoms with van der Waals surface area (Å²) in [5.74, 6) is -0.858. The van der Waals surface area contributed by atoms with Crippen LogP contribution in [-0.4, -0.2) is 21.8 Å². The molecule has 0 aliphatic heterocycles. The average Bonchev–Trinajstić information content (AvgIpc) is 2.29. The largest absolute Gasteiger partial charge is 0.504 e. The van der Waals surface area contributed by atoms with E-state index in [1.807, 2.05) is 6.92 Å². The Hall–Kier alpha value is -2.04. The van der Waals surface area contributed by atoms with Gasteiger partial charge in [-0.15, -0.1) is 0 Å². The molecule has 98 valence electrons. The van der Waals surface area contributed by atoms with Crippen LogP contribution in [0.3, 0.4) is 0 Å². The maximum Gasteiger partial charge on any atom is 0.275 e. The maximum absolute atomic E-state index is 11.7. The fourth-order valence-corrected chi connectivity index (χ4v) is 1.56. The number of rotatable bonds is 4. The van der Waals surface area contributed by atoms with E-state index in [0.717, 1.165) is 12.1 Å². The number of amides is 1. The molecule has 0 aliphatic rings. The van der Waals surface area contributed by atoms with E-state index in [0.29, 0.717) is 5.92 Å². The molecule has 0 spiro atoms. The van der Waals surface area contributed by atoms with E-state index < -0.39 is 11.7 Å². The van der Waals surface area contributed by atoms with Crippen LogP contribution in [0.2, 0.25) is 0 Å². The quantitative estimate of drug-likeness (QED) is 0.435. The summed E-state index contributed by atoms with van der Waals surface area (Å²) in [6.45, 7) is 5.94. The first-order valence-corrected chi connectivity index (χ1v) is 5.76. The Kier molecular flexibility index (Phi) is 4.71. The number of phenols is 2. The normalized spacial score (nSPS) is 11.7. The molecule has 0 unspecified atom stereocenters. The number of hydrogen-bond acceptors (Lipinski definition) is 4. The molecule has 0 radical (unpaired) electrons. The fraction of sp³-hybridized carbons (Fsp3) is 0.385. The number of para-hydroxylation sites is 1. The zero-order valence-electron chi connectivity index (χ0n) is 10.8. The first kappa shape index (κ1) is 14.0. The van der Waals surface area contributed by atoms with Gasteiger partial charge in [0.05, 0.1) is 5.56 Å². The summed E-state index contributed by atoms with van der Waals surface area (Å²) in [6.07, 6.45) is 0.784. The molecule has 0 saturated heterocycles. The first-order chi connectivity index (χ1) is 8.41. The van der Waals surface area contributed by atoms with Gasteiger partial charge in [0.1, 0.15) is 0 Å². The van der Waals surface area contributed by atoms with Crippen molar-refractivity contribution in [2.75, 3.05) is 0 Å². The Morgan fingerprint density at radius 2 is 2.06 bits per heavy atom. The summed E-state index contributed by atoms with van der Waals surface area (Å²) < 4.78 is 0. The number of phenolic OH excluding ortho intramolecular Hbond substituents is 2. The molecule has 0 aliphatic carbocycles. The topological polar surface area (TPSA) is 81.9 Å². The van der Waals surface area contributed by atoms with Crippen LogP contribution in [0.25, 0.3) is 0 Å². The van der Waals surface area contributed by atoms with Crippen LogP contribution in [0.5, 0.6) is 11.5 Å². The van der Waals surface area contributed by atoms with Gasteiger partial charge in [-0.1, -0.05) is 19.9 Å². The molecule has 0 atom stereocenters. The van der Waals surface area contributed by atoms with Crippen molar-refractivity contribution in [2.45, 2.75) is 27.2 Å². The highest BCUT2D eigenvalue weighted by molar-refractivity contribution is 5.98. The van der Waals surface area contributed by atoms with E-state index in [2.05, 4.69) is 24.4 Å². The molecule has 0 bridgehead atoms. The van der Waals surface area contributed by atoms with Gasteiger partial charge in [-0.05, 0) is 31.4 Å². The summed E-state index contributed by atoms with van der Waals surface area (Å²) in [5.41, 5.74) is 3.15. The molecule has 1 rings (SSSR count). The second-order valence-electron chi connectivity index (χ2n) is 4.56. The molecular formula is C13H18N2O3. The minimum atomic E-state index is -0.550. The standard InChI is InChI=1S/C13H18N2O3/c1-8(2)7-9(3)14-15-13(18)10-5-4-6-11(16)12(10)17/h4-6,8,16-17H,7H2,1-3H3,(H,15,18). The highest BCUT2D eigenvalue weighted by Gasteiger charge is 2.13. The van der Waals surface area contributed by atoms with Crippen molar-refractivity contribution >= 4 is 11.6 Å². The molecular weight excluding hydrogens is 232 g/mol. The van der Waals surface area contributed by atoms with Crippen molar-refractivity contribution in [3.8, 4) is 11.5 Å². The van der Waals surface area contributed by atoms with Gasteiger partial charge in [0.25, 0.3) is 5.91 Å². The van der Waals surface area contributed by atoms with Crippen LogP contribution in [-0.2, 0) is 0 Å². The van der Waals surface area contributed by atoms with Crippen LogP contribution >= 0.6 is 0 Å². The third-order valence-electron chi connectivity index (χ3n) is 2.31. The van der Waals surface area contributed by atoms with Gasteiger partial charge in [0, 0.05) is 5.71 Å². The number of hydrogen-bond donors (Lipinski definition) is 3. The van der Waals surface area contributed by atoms with Gasteiger partial charge in [-0.3, -0.25) is 4.79 Å². The van der Waals surface area contributed by atoms with E-state index in [4.69, 9.17) is 0 Å². The van der Waals surface area contributed by atoms with E-state index >= 15 is 0 Å². The Morgan fingerprint density at radius 1 is 1.39 bits per heavy atom. The second kappa shape index (κ2) is 6.05. The molecule has 5 nitrogen and oxygen atoms in total. The third kappa shape index (κ3) is 3.76. The smallest absolute Gasteiger partial charge is 0.275 e. The van der Waals surface area contributed by atoms with E-state index in [1.54, 1.807) is 0 Å². The van der Waals surface area contributed by atoms with E-state index in [-0.39, 0.29) is 11.3 Å². The number of aromatic hydroxyl groups is 2. The Balaban J connectivity index is 2.74. The number of nitrogens with one attached hydrogen (secondary N) is 1. The lowest BCUT2D eigenvalue weighted by molar-refractivity contribution is 0.0951. The number of benzene rings is 1. The molecule has 3 N–H and O–H groups in total. The number of carbonyl (C=O) groups is 1. The molecule has 0 aromatic heterocycles. The maximum atomic E-state index is 11.7. The van der Waals surface area contributed by atoms with Crippen LogP contribution in [0.15, 0.2) is 23.3 Å². The van der Waals surface area contributed by atoms with Gasteiger partial charge < -0.3 is 10.2 Å². The Morgan fingerprint density at radius 3 is 2.67 bits per heavy atom. The van der Waals surface area contributed by atoms with Crippen molar-refractivity contribution in [1.29, 1.82) is 0 Å². The summed E-state index contributed by atoms with van der Waals surface area (Å²) in [6, 6.07) is 4.20. The van der Waals surface area contributed by atoms with Gasteiger partial charge >= 0.3 is 0 Å². The lowest BCUT2D eigenvalue weighted by Gasteiger charge is -2.06. The lowest BCUT2D eigenvalue weighted by atomic mass is 10.1. The van der Waals surface area contributed by atoms with Crippen LogP contribution < -0.4 is 5.43 Å². The van der Waals surface area contributed by atoms with Crippen molar-refractivity contribution in [3.05, 3.63) is 23.8 Å². The van der Waals surface area contributed by atoms with E-state index in [1.165, 1.54) is 18.2 Å². The summed E-state index contributed by atoms with van der Waals surface area (Å²) in [5, 5.41) is 22.7. The van der Waals surface area contributed by atoms with Gasteiger partial charge in [0.15, 0.2) is 11.5 Å². The molecule has 1 amide bonds. The number of nitrogens with zero attached hydrogens (tertiary/aromatic N) is 1. The monoisotopic (exact) mass is 250 g/mol. The van der Waals surface area contributed by atoms with Crippen molar-refractivity contribution < 1.29 is 15.0 Å². The average molecular weight is 250 g/mol. The van der Waals surface area contributed by atoms with Crippen LogP contribution in [0.1, 0.15) is 37.6 Å². The van der Waals surface area contributed by atoms with Crippen LogP contribution in [0, 0.1) is 5.92 Å². The highest BCUT2D eigenvalue weighted by atomic mass is 16.3. The molecule has 1 aromatic carbocycles. The lowest BCUT2D eigenvalue weighted by Crippen LogP contribution is -2.19. The van der Waals surface area contributed by atoms with E-state index in [9.17, 15) is 15.0 Å². The van der Waals surface area contributed by atoms with Gasteiger partial charge in [-0.2, -0.15) is 5.10 Å². The zero-order chi connectivity index (χ0) is 13.7. The molecule has 18 heavy (non-hydrogen) atoms. The van der Waals surface area contributed by atoms with Crippen molar-refractivity contribution in [3.63, 3.8) is 0 Å². The molecule has 5 heteroatoms. The SMILES string of the molecule is CC(CC(C)C)=NNC(=O)c1cccc(O)c1O. The number of hydrazone groups is 1. The molecule has 1 aromatic rings. The minimum absolute atomic E-state index is 0.00361. The summed E-state index contributed by atoms with van der Waals surface area (Å²) in [4.78, 5) is 11.7.